The molecular weight excluding hydrogens is 295 g/mol. The first kappa shape index (κ1) is 15.8. The summed E-state index contributed by atoms with van der Waals surface area (Å²) in [5, 5.41) is 10.1. The van der Waals surface area contributed by atoms with Gasteiger partial charge in [0.25, 0.3) is 0 Å². The molecule has 0 saturated heterocycles. The summed E-state index contributed by atoms with van der Waals surface area (Å²) in [4.78, 5) is 0. The highest BCUT2D eigenvalue weighted by molar-refractivity contribution is 7.92. The van der Waals surface area contributed by atoms with E-state index in [2.05, 4.69) is 0 Å². The van der Waals surface area contributed by atoms with Crippen LogP contribution in [0.5, 0.6) is 0 Å². The van der Waals surface area contributed by atoms with Crippen LogP contribution >= 0.6 is 23.2 Å². The Labute approximate surface area is 118 Å². The summed E-state index contributed by atoms with van der Waals surface area (Å²) < 4.78 is 23.8. The molecule has 0 bridgehead atoms. The SMILES string of the molecule is CC[C@@H]([C@@H](O)c1ccc(Cl)cc1Cl)S(=O)(=O)CC. The van der Waals surface area contributed by atoms with Crippen molar-refractivity contribution in [3.05, 3.63) is 33.8 Å². The van der Waals surface area contributed by atoms with Crippen LogP contribution in [-0.2, 0) is 9.84 Å². The zero-order valence-electron chi connectivity index (χ0n) is 10.2. The van der Waals surface area contributed by atoms with Gasteiger partial charge < -0.3 is 5.11 Å². The van der Waals surface area contributed by atoms with Crippen molar-refractivity contribution < 1.29 is 13.5 Å². The monoisotopic (exact) mass is 310 g/mol. The molecule has 1 aromatic carbocycles. The van der Waals surface area contributed by atoms with E-state index in [4.69, 9.17) is 23.2 Å². The molecule has 2 atom stereocenters. The lowest BCUT2D eigenvalue weighted by molar-refractivity contribution is 0.169. The molecule has 3 nitrogen and oxygen atoms in total. The van der Waals surface area contributed by atoms with Crippen molar-refractivity contribution in [2.75, 3.05) is 5.75 Å². The lowest BCUT2D eigenvalue weighted by atomic mass is 10.0. The summed E-state index contributed by atoms with van der Waals surface area (Å²) in [6.07, 6.45) is -0.805. The van der Waals surface area contributed by atoms with Gasteiger partial charge in [-0.2, -0.15) is 0 Å². The van der Waals surface area contributed by atoms with Gasteiger partial charge in [-0.3, -0.25) is 0 Å². The third kappa shape index (κ3) is 3.38. The summed E-state index contributed by atoms with van der Waals surface area (Å²) in [6, 6.07) is 4.63. The number of rotatable bonds is 5. The summed E-state index contributed by atoms with van der Waals surface area (Å²) >= 11 is 11.7. The predicted molar refractivity (Wildman–Crippen MR) is 75.0 cm³/mol. The van der Waals surface area contributed by atoms with Gasteiger partial charge in [-0.15, -0.1) is 0 Å². The Morgan fingerprint density at radius 1 is 1.28 bits per heavy atom. The summed E-state index contributed by atoms with van der Waals surface area (Å²) in [7, 11) is -3.33. The third-order valence-electron chi connectivity index (χ3n) is 2.90. The van der Waals surface area contributed by atoms with E-state index < -0.39 is 21.2 Å². The molecule has 0 aliphatic heterocycles. The van der Waals surface area contributed by atoms with Crippen LogP contribution in [0.3, 0.4) is 0 Å². The van der Waals surface area contributed by atoms with Crippen molar-refractivity contribution in [2.24, 2.45) is 0 Å². The average Bonchev–Trinajstić information content (AvgIpc) is 2.29. The number of aliphatic hydroxyl groups excluding tert-OH is 1. The number of hydrogen-bond acceptors (Lipinski definition) is 3. The van der Waals surface area contributed by atoms with E-state index in [0.717, 1.165) is 0 Å². The minimum absolute atomic E-state index is 0.00618. The molecule has 0 heterocycles. The lowest BCUT2D eigenvalue weighted by Crippen LogP contribution is -2.29. The maximum absolute atomic E-state index is 11.9. The average molecular weight is 311 g/mol. The molecule has 0 radical (unpaired) electrons. The molecule has 0 unspecified atom stereocenters. The molecule has 18 heavy (non-hydrogen) atoms. The zero-order chi connectivity index (χ0) is 13.9. The summed E-state index contributed by atoms with van der Waals surface area (Å²) in [6.45, 7) is 3.29. The van der Waals surface area contributed by atoms with Gasteiger partial charge in [-0.05, 0) is 18.6 Å². The van der Waals surface area contributed by atoms with E-state index in [1.54, 1.807) is 26.0 Å². The Bertz CT molecular complexity index is 514. The first-order chi connectivity index (χ1) is 8.33. The van der Waals surface area contributed by atoms with Crippen LogP contribution in [0.4, 0.5) is 0 Å². The first-order valence-electron chi connectivity index (χ1n) is 5.68. The van der Waals surface area contributed by atoms with E-state index in [9.17, 15) is 13.5 Å². The van der Waals surface area contributed by atoms with Crippen molar-refractivity contribution in [3.8, 4) is 0 Å². The highest BCUT2D eigenvalue weighted by Crippen LogP contribution is 2.31. The van der Waals surface area contributed by atoms with Gasteiger partial charge >= 0.3 is 0 Å². The number of hydrogen-bond donors (Lipinski definition) is 1. The Kier molecular flexibility index (Phi) is 5.46. The second kappa shape index (κ2) is 6.24. The fraction of sp³-hybridized carbons (Fsp3) is 0.500. The third-order valence-corrected chi connectivity index (χ3v) is 5.78. The van der Waals surface area contributed by atoms with Gasteiger partial charge in [0.15, 0.2) is 9.84 Å². The molecule has 102 valence electrons. The van der Waals surface area contributed by atoms with E-state index in [-0.39, 0.29) is 10.8 Å². The first-order valence-corrected chi connectivity index (χ1v) is 8.15. The summed E-state index contributed by atoms with van der Waals surface area (Å²) in [5.74, 6) is -0.00618. The predicted octanol–water partition coefficient (Wildman–Crippen LogP) is 3.24. The van der Waals surface area contributed by atoms with Crippen LogP contribution in [0.15, 0.2) is 18.2 Å². The van der Waals surface area contributed by atoms with Crippen LogP contribution in [0.1, 0.15) is 31.9 Å². The molecule has 0 saturated carbocycles. The number of benzene rings is 1. The second-order valence-corrected chi connectivity index (χ2v) is 7.36. The standard InChI is InChI=1S/C12H16Cl2O3S/c1-3-11(18(16,17)4-2)12(15)9-6-5-8(13)7-10(9)14/h5-7,11-12,15H,3-4H2,1-2H3/t11-,12-/m0/s1. The number of sulfone groups is 1. The molecule has 0 aliphatic rings. The van der Waals surface area contributed by atoms with Gasteiger partial charge in [0.2, 0.25) is 0 Å². The fourth-order valence-electron chi connectivity index (χ4n) is 1.83. The van der Waals surface area contributed by atoms with E-state index in [1.165, 1.54) is 6.07 Å². The molecule has 0 amide bonds. The molecule has 1 N–H and O–H groups in total. The molecule has 6 heteroatoms. The number of halogens is 2. The van der Waals surface area contributed by atoms with Crippen LogP contribution in [0, 0.1) is 0 Å². The maximum atomic E-state index is 11.9. The number of aliphatic hydroxyl groups is 1. The maximum Gasteiger partial charge on any atom is 0.155 e. The van der Waals surface area contributed by atoms with Gasteiger partial charge in [0.05, 0.1) is 11.4 Å². The molecule has 1 aromatic rings. The minimum Gasteiger partial charge on any atom is -0.387 e. The van der Waals surface area contributed by atoms with Crippen molar-refractivity contribution in [1.82, 2.24) is 0 Å². The smallest absolute Gasteiger partial charge is 0.155 e. The normalized spacial score (nSPS) is 15.4. The lowest BCUT2D eigenvalue weighted by Gasteiger charge is -2.22. The Morgan fingerprint density at radius 2 is 1.89 bits per heavy atom. The topological polar surface area (TPSA) is 54.4 Å². The van der Waals surface area contributed by atoms with E-state index >= 15 is 0 Å². The van der Waals surface area contributed by atoms with Crippen LogP contribution < -0.4 is 0 Å². The van der Waals surface area contributed by atoms with Crippen molar-refractivity contribution in [2.45, 2.75) is 31.6 Å². The quantitative estimate of drug-likeness (QED) is 0.908. The molecular formula is C12H16Cl2O3S. The van der Waals surface area contributed by atoms with Crippen molar-refractivity contribution in [1.29, 1.82) is 0 Å². The van der Waals surface area contributed by atoms with Crippen molar-refractivity contribution in [3.63, 3.8) is 0 Å². The van der Waals surface area contributed by atoms with Crippen LogP contribution in [-0.4, -0.2) is 24.5 Å². The molecule has 0 aromatic heterocycles. The van der Waals surface area contributed by atoms with Crippen molar-refractivity contribution >= 4 is 33.0 Å². The highest BCUT2D eigenvalue weighted by atomic mass is 35.5. The van der Waals surface area contributed by atoms with E-state index in [0.29, 0.717) is 17.0 Å². The summed E-state index contributed by atoms with van der Waals surface area (Å²) in [5.41, 5.74) is 0.393. The molecule has 0 spiro atoms. The highest BCUT2D eigenvalue weighted by Gasteiger charge is 2.31. The van der Waals surface area contributed by atoms with Gasteiger partial charge in [0.1, 0.15) is 0 Å². The van der Waals surface area contributed by atoms with Crippen LogP contribution in [0.25, 0.3) is 0 Å². The van der Waals surface area contributed by atoms with E-state index in [1.807, 2.05) is 0 Å². The Hall–Kier alpha value is -0.290. The largest absolute Gasteiger partial charge is 0.387 e. The van der Waals surface area contributed by atoms with Gasteiger partial charge in [-0.25, -0.2) is 8.42 Å². The molecule has 0 fully saturated rings. The Morgan fingerprint density at radius 3 is 2.33 bits per heavy atom. The van der Waals surface area contributed by atoms with Crippen LogP contribution in [0.2, 0.25) is 10.0 Å². The zero-order valence-corrected chi connectivity index (χ0v) is 12.6. The molecule has 1 rings (SSSR count). The minimum atomic E-state index is -3.33. The van der Waals surface area contributed by atoms with Gasteiger partial charge in [-0.1, -0.05) is 43.1 Å². The second-order valence-electron chi connectivity index (χ2n) is 4.01. The Balaban J connectivity index is 3.15. The fourth-order valence-corrected chi connectivity index (χ4v) is 3.82. The molecule has 0 aliphatic carbocycles. The van der Waals surface area contributed by atoms with Gasteiger partial charge in [0, 0.05) is 21.4 Å².